The highest BCUT2D eigenvalue weighted by Crippen LogP contribution is 2.39. The summed E-state index contributed by atoms with van der Waals surface area (Å²) in [6.07, 6.45) is 15.6. The zero-order valence-electron chi connectivity index (χ0n) is 24.7. The summed E-state index contributed by atoms with van der Waals surface area (Å²) in [4.78, 5) is 0. The van der Waals surface area contributed by atoms with Crippen LogP contribution < -0.4 is 0 Å². The average Bonchev–Trinajstić information content (AvgIpc) is 3.75. The Balaban J connectivity index is 1.17. The number of hydrogen-bond acceptors (Lipinski definition) is 1. The molecule has 5 aromatic carbocycles. The molecule has 2 aliphatic carbocycles. The van der Waals surface area contributed by atoms with Gasteiger partial charge in [0.2, 0.25) is 0 Å². The molecule has 45 heavy (non-hydrogen) atoms. The number of furan rings is 1. The van der Waals surface area contributed by atoms with E-state index in [4.69, 9.17) is 4.42 Å². The molecule has 0 unspecified atom stereocenters. The first-order chi connectivity index (χ1) is 22.3. The molecule has 0 saturated carbocycles. The van der Waals surface area contributed by atoms with Crippen LogP contribution in [0, 0.1) is 12.1 Å². The van der Waals surface area contributed by atoms with Crippen molar-refractivity contribution in [2.45, 2.75) is 25.7 Å². The Morgan fingerprint density at radius 1 is 0.600 bits per heavy atom. The number of fused-ring (bicyclic) bond motifs is 9. The fourth-order valence-corrected chi connectivity index (χ4v) is 7.61. The number of nitrogens with zero attached hydrogens (tertiary/aromatic N) is 2. The Hall–Kier alpha value is -5.72. The monoisotopic (exact) mass is 576 g/mol. The van der Waals surface area contributed by atoms with Gasteiger partial charge in [0.15, 0.2) is 0 Å². The van der Waals surface area contributed by atoms with Gasteiger partial charge in [-0.3, -0.25) is 0 Å². The summed E-state index contributed by atoms with van der Waals surface area (Å²) in [5, 5.41) is 6.00. The molecule has 0 spiro atoms. The minimum atomic E-state index is 0.918. The molecule has 0 saturated heterocycles. The van der Waals surface area contributed by atoms with E-state index in [9.17, 15) is 0 Å². The SMILES string of the molecule is c1c(-n2c3ccccc3c3cc(-c4ccc5oc6ccccc6c5c4)ccc32)cc2c3c(n(C4=CC=CCC4)c2c#1)CCC=C3. The Kier molecular flexibility index (Phi) is 5.15. The molecule has 2 aliphatic rings. The van der Waals surface area contributed by atoms with Crippen molar-refractivity contribution >= 4 is 66.4 Å². The fourth-order valence-electron chi connectivity index (χ4n) is 7.61. The van der Waals surface area contributed by atoms with Gasteiger partial charge in [-0.1, -0.05) is 72.8 Å². The first-order valence-corrected chi connectivity index (χ1v) is 15.8. The van der Waals surface area contributed by atoms with Crippen LogP contribution in [-0.2, 0) is 6.42 Å². The molecule has 0 fully saturated rings. The van der Waals surface area contributed by atoms with Crippen LogP contribution in [0.25, 0.3) is 83.2 Å². The second-order valence-corrected chi connectivity index (χ2v) is 12.2. The summed E-state index contributed by atoms with van der Waals surface area (Å²) in [6, 6.07) is 39.9. The van der Waals surface area contributed by atoms with Crippen LogP contribution in [0.1, 0.15) is 30.5 Å². The van der Waals surface area contributed by atoms with E-state index in [1.54, 1.807) is 0 Å². The first-order valence-electron chi connectivity index (χ1n) is 15.8. The molecule has 3 nitrogen and oxygen atoms in total. The summed E-state index contributed by atoms with van der Waals surface area (Å²) >= 11 is 0. The Labute approximate surface area is 260 Å². The van der Waals surface area contributed by atoms with Gasteiger partial charge in [-0.25, -0.2) is 0 Å². The Morgan fingerprint density at radius 3 is 2.29 bits per heavy atom. The molecule has 0 amide bonds. The van der Waals surface area contributed by atoms with E-state index in [1.165, 1.54) is 55.3 Å². The van der Waals surface area contributed by atoms with Crippen molar-refractivity contribution in [2.75, 3.05) is 0 Å². The number of aromatic nitrogens is 2. The lowest BCUT2D eigenvalue weighted by atomic mass is 10.0. The highest BCUT2D eigenvalue weighted by molar-refractivity contribution is 6.11. The topological polar surface area (TPSA) is 23.0 Å². The predicted octanol–water partition coefficient (Wildman–Crippen LogP) is 11.1. The quantitative estimate of drug-likeness (QED) is 0.205. The van der Waals surface area contributed by atoms with Gasteiger partial charge < -0.3 is 13.6 Å². The molecular formula is C42H28N2O. The van der Waals surface area contributed by atoms with Crippen molar-refractivity contribution < 1.29 is 4.42 Å². The molecule has 0 N–H and O–H groups in total. The van der Waals surface area contributed by atoms with Gasteiger partial charge in [0, 0.05) is 43.9 Å². The lowest BCUT2D eigenvalue weighted by Gasteiger charge is -2.16. The molecule has 0 radical (unpaired) electrons. The minimum Gasteiger partial charge on any atom is -0.456 e. The number of allylic oxidation sites excluding steroid dienone is 5. The Bertz CT molecular complexity index is 2600. The van der Waals surface area contributed by atoms with Crippen LogP contribution in [0.4, 0.5) is 0 Å². The highest BCUT2D eigenvalue weighted by atomic mass is 16.3. The van der Waals surface area contributed by atoms with Gasteiger partial charge in [0.1, 0.15) is 16.7 Å². The molecule has 10 rings (SSSR count). The summed E-state index contributed by atoms with van der Waals surface area (Å²) < 4.78 is 10.9. The third kappa shape index (κ3) is 3.60. The molecule has 0 bridgehead atoms. The summed E-state index contributed by atoms with van der Waals surface area (Å²) in [5.41, 5.74) is 12.8. The average molecular weight is 577 g/mol. The van der Waals surface area contributed by atoms with Gasteiger partial charge in [-0.15, -0.1) is 0 Å². The van der Waals surface area contributed by atoms with Crippen LogP contribution in [0.5, 0.6) is 0 Å². The van der Waals surface area contributed by atoms with Crippen LogP contribution in [0.2, 0.25) is 0 Å². The maximum atomic E-state index is 6.10. The molecule has 3 heteroatoms. The van der Waals surface area contributed by atoms with Gasteiger partial charge in [-0.2, -0.15) is 0 Å². The number of hydrogen-bond donors (Lipinski definition) is 0. The van der Waals surface area contributed by atoms with Crippen LogP contribution >= 0.6 is 0 Å². The van der Waals surface area contributed by atoms with Crippen LogP contribution in [0.15, 0.2) is 120 Å². The smallest absolute Gasteiger partial charge is 0.135 e. The summed E-state index contributed by atoms with van der Waals surface area (Å²) in [5.74, 6) is 0. The van der Waals surface area contributed by atoms with Gasteiger partial charge in [-0.05, 0) is 97.5 Å². The van der Waals surface area contributed by atoms with Crippen molar-refractivity contribution in [2.24, 2.45) is 0 Å². The van der Waals surface area contributed by atoms with Crippen molar-refractivity contribution in [1.29, 1.82) is 0 Å². The molecule has 212 valence electrons. The van der Waals surface area contributed by atoms with Gasteiger partial charge in [0.05, 0.1) is 16.7 Å². The van der Waals surface area contributed by atoms with E-state index in [1.807, 2.05) is 12.1 Å². The summed E-state index contributed by atoms with van der Waals surface area (Å²) in [7, 11) is 0. The van der Waals surface area contributed by atoms with E-state index in [0.717, 1.165) is 58.8 Å². The molecular weight excluding hydrogens is 548 g/mol. The van der Waals surface area contributed by atoms with E-state index >= 15 is 0 Å². The largest absolute Gasteiger partial charge is 0.456 e. The fraction of sp³-hybridized carbons (Fsp3) is 0.0952. The first kappa shape index (κ1) is 24.7. The van der Waals surface area contributed by atoms with Crippen LogP contribution in [-0.4, -0.2) is 9.13 Å². The molecule has 3 aromatic heterocycles. The van der Waals surface area contributed by atoms with E-state index in [-0.39, 0.29) is 0 Å². The van der Waals surface area contributed by atoms with Crippen molar-refractivity contribution in [3.63, 3.8) is 0 Å². The van der Waals surface area contributed by atoms with E-state index in [0.29, 0.717) is 0 Å². The maximum Gasteiger partial charge on any atom is 0.135 e. The third-order valence-electron chi connectivity index (χ3n) is 9.67. The normalized spacial score (nSPS) is 14.5. The highest BCUT2D eigenvalue weighted by Gasteiger charge is 2.21. The van der Waals surface area contributed by atoms with Gasteiger partial charge >= 0.3 is 0 Å². The lowest BCUT2D eigenvalue weighted by Crippen LogP contribution is -2.05. The molecule has 0 aliphatic heterocycles. The zero-order chi connectivity index (χ0) is 29.5. The minimum absolute atomic E-state index is 0.918. The molecule has 3 heterocycles. The van der Waals surface area contributed by atoms with E-state index in [2.05, 4.69) is 131 Å². The number of para-hydroxylation sites is 2. The van der Waals surface area contributed by atoms with Crippen molar-refractivity contribution in [3.8, 4) is 16.8 Å². The van der Waals surface area contributed by atoms with Crippen LogP contribution in [0.3, 0.4) is 0 Å². The maximum absolute atomic E-state index is 6.10. The lowest BCUT2D eigenvalue weighted by molar-refractivity contribution is 0.669. The van der Waals surface area contributed by atoms with Crippen molar-refractivity contribution in [1.82, 2.24) is 9.13 Å². The Morgan fingerprint density at radius 2 is 1.38 bits per heavy atom. The second-order valence-electron chi connectivity index (χ2n) is 12.2. The van der Waals surface area contributed by atoms with Crippen molar-refractivity contribution in [3.05, 3.63) is 139 Å². The second kappa shape index (κ2) is 9.39. The van der Waals surface area contributed by atoms with Gasteiger partial charge in [0.25, 0.3) is 0 Å². The predicted molar refractivity (Wildman–Crippen MR) is 187 cm³/mol. The van der Waals surface area contributed by atoms with E-state index < -0.39 is 0 Å². The number of benzene rings is 4. The third-order valence-corrected chi connectivity index (χ3v) is 9.67. The zero-order valence-corrected chi connectivity index (χ0v) is 24.7. The standard InChI is InChI=1S/C42H28N2O/c1-2-10-29(11-3-1)43-37-15-7-5-13-32(37)35-26-30(20-22-40(35)43)44-38-16-8-4-12-31(38)34-24-27(18-21-39(34)44)28-19-23-42-36(25-28)33-14-6-9-17-41(33)45-42/h1-2,4-6,8-10,12-14,16-19,21,23-26H,3,7,11,15H2. The number of rotatable bonds is 3. The molecule has 8 aromatic rings. The summed E-state index contributed by atoms with van der Waals surface area (Å²) in [6.45, 7) is 0. The molecule has 0 atom stereocenters.